The summed E-state index contributed by atoms with van der Waals surface area (Å²) >= 11 is 2.51. The standard InChI is InChI=1S/C4H7BrO2S/c1-3-4(2)8(5,6)7/h3-4H,1H2,2H3. The lowest BCUT2D eigenvalue weighted by Gasteiger charge is -1.96. The molecule has 0 radical (unpaired) electrons. The molecule has 1 unspecified atom stereocenters. The summed E-state index contributed by atoms with van der Waals surface area (Å²) in [4.78, 5) is 0. The average Bonchev–Trinajstić information content (AvgIpc) is 1.62. The van der Waals surface area contributed by atoms with Gasteiger partial charge in [0, 0.05) is 0 Å². The second-order valence-corrected chi connectivity index (χ2v) is 5.82. The van der Waals surface area contributed by atoms with Crippen molar-refractivity contribution in [2.45, 2.75) is 12.2 Å². The van der Waals surface area contributed by atoms with Crippen LogP contribution >= 0.6 is 14.8 Å². The molecule has 4 heteroatoms. The lowest BCUT2D eigenvalue weighted by molar-refractivity contribution is 0.607. The van der Waals surface area contributed by atoms with Crippen LogP contribution in [-0.4, -0.2) is 13.7 Å². The quantitative estimate of drug-likeness (QED) is 0.496. The van der Waals surface area contributed by atoms with Crippen molar-refractivity contribution in [3.8, 4) is 0 Å². The van der Waals surface area contributed by atoms with Gasteiger partial charge in [0.1, 0.15) is 0 Å². The average molecular weight is 199 g/mol. The van der Waals surface area contributed by atoms with E-state index >= 15 is 0 Å². The van der Waals surface area contributed by atoms with Crippen molar-refractivity contribution in [3.63, 3.8) is 0 Å². The fourth-order valence-electron chi connectivity index (χ4n) is 0.115. The minimum Gasteiger partial charge on any atom is -0.216 e. The maximum Gasteiger partial charge on any atom is 0.215 e. The van der Waals surface area contributed by atoms with Crippen molar-refractivity contribution in [2.75, 3.05) is 0 Å². The third-order valence-electron chi connectivity index (χ3n) is 0.776. The zero-order valence-corrected chi connectivity index (χ0v) is 6.87. The summed E-state index contributed by atoms with van der Waals surface area (Å²) in [7, 11) is -3.06. The van der Waals surface area contributed by atoms with Crippen molar-refractivity contribution in [1.29, 1.82) is 0 Å². The van der Waals surface area contributed by atoms with Crippen LogP contribution in [-0.2, 0) is 8.27 Å². The Bertz CT molecular complexity index is 170. The Hall–Kier alpha value is 0.170. The molecule has 0 aromatic rings. The molecule has 0 fully saturated rings. The molecule has 0 spiro atoms. The van der Waals surface area contributed by atoms with E-state index in [0.29, 0.717) is 0 Å². The van der Waals surface area contributed by atoms with Crippen LogP contribution in [0.2, 0.25) is 0 Å². The van der Waals surface area contributed by atoms with Crippen LogP contribution < -0.4 is 0 Å². The maximum atomic E-state index is 10.4. The van der Waals surface area contributed by atoms with Gasteiger partial charge in [-0.1, -0.05) is 6.08 Å². The van der Waals surface area contributed by atoms with Gasteiger partial charge in [-0.2, -0.15) is 0 Å². The fourth-order valence-corrected chi connectivity index (χ4v) is 0.803. The number of hydrogen-bond donors (Lipinski definition) is 0. The van der Waals surface area contributed by atoms with E-state index in [2.05, 4.69) is 21.4 Å². The summed E-state index contributed by atoms with van der Waals surface area (Å²) < 4.78 is 20.8. The molecule has 48 valence electrons. The largest absolute Gasteiger partial charge is 0.216 e. The van der Waals surface area contributed by atoms with E-state index in [0.717, 1.165) is 0 Å². The van der Waals surface area contributed by atoms with E-state index < -0.39 is 13.5 Å². The van der Waals surface area contributed by atoms with Gasteiger partial charge in [-0.05, 0) is 6.92 Å². The third kappa shape index (κ3) is 2.47. The molecule has 0 heterocycles. The SMILES string of the molecule is C=CC(C)S(=O)(=O)Br. The first kappa shape index (κ1) is 8.17. The molecule has 0 aromatic carbocycles. The molecule has 1 atom stereocenters. The number of halogens is 1. The molecule has 0 rings (SSSR count). The Kier molecular flexibility index (Phi) is 2.70. The first-order valence-corrected chi connectivity index (χ1v) is 5.43. The second kappa shape index (κ2) is 2.64. The lowest BCUT2D eigenvalue weighted by atomic mass is 10.5. The molecule has 2 nitrogen and oxygen atoms in total. The predicted molar refractivity (Wildman–Crippen MR) is 37.5 cm³/mol. The summed E-state index contributed by atoms with van der Waals surface area (Å²) in [6.07, 6.45) is 1.37. The normalized spacial score (nSPS) is 15.2. The van der Waals surface area contributed by atoms with Gasteiger partial charge >= 0.3 is 0 Å². The van der Waals surface area contributed by atoms with E-state index in [4.69, 9.17) is 0 Å². The first-order chi connectivity index (χ1) is 3.48. The zero-order valence-electron chi connectivity index (χ0n) is 4.46. The van der Waals surface area contributed by atoms with E-state index in [1.807, 2.05) is 0 Å². The summed E-state index contributed by atoms with van der Waals surface area (Å²) in [6, 6.07) is 0. The van der Waals surface area contributed by atoms with Gasteiger partial charge in [0.2, 0.25) is 8.27 Å². The summed E-state index contributed by atoms with van der Waals surface area (Å²) in [6.45, 7) is 4.87. The Morgan fingerprint density at radius 1 is 1.75 bits per heavy atom. The molecule has 0 amide bonds. The second-order valence-electron chi connectivity index (χ2n) is 1.42. The van der Waals surface area contributed by atoms with Crippen molar-refractivity contribution in [3.05, 3.63) is 12.7 Å². The predicted octanol–water partition coefficient (Wildman–Crippen LogP) is 1.29. The topological polar surface area (TPSA) is 34.1 Å². The molecule has 8 heavy (non-hydrogen) atoms. The summed E-state index contributed by atoms with van der Waals surface area (Å²) in [5.74, 6) is 0. The Morgan fingerprint density at radius 3 is 2.12 bits per heavy atom. The minimum absolute atomic E-state index is 0.498. The van der Waals surface area contributed by atoms with Gasteiger partial charge in [0.25, 0.3) is 0 Å². The van der Waals surface area contributed by atoms with Gasteiger partial charge in [-0.25, -0.2) is 8.42 Å². The van der Waals surface area contributed by atoms with E-state index in [-0.39, 0.29) is 0 Å². The highest BCUT2D eigenvalue weighted by Crippen LogP contribution is 2.08. The van der Waals surface area contributed by atoms with E-state index in [1.54, 1.807) is 6.92 Å². The molecule has 0 aliphatic carbocycles. The van der Waals surface area contributed by atoms with Crippen molar-refractivity contribution in [1.82, 2.24) is 0 Å². The van der Waals surface area contributed by atoms with Crippen molar-refractivity contribution in [2.24, 2.45) is 0 Å². The van der Waals surface area contributed by atoms with Crippen LogP contribution in [0.1, 0.15) is 6.92 Å². The van der Waals surface area contributed by atoms with Gasteiger partial charge < -0.3 is 0 Å². The molecule has 0 aliphatic rings. The van der Waals surface area contributed by atoms with Crippen LogP contribution in [0.4, 0.5) is 0 Å². The number of rotatable bonds is 2. The Balaban J connectivity index is 4.26. The molecule has 0 aliphatic heterocycles. The lowest BCUT2D eigenvalue weighted by Crippen LogP contribution is -2.05. The van der Waals surface area contributed by atoms with Crippen LogP contribution in [0.15, 0.2) is 12.7 Å². The maximum absolute atomic E-state index is 10.4. The summed E-state index contributed by atoms with van der Waals surface area (Å²) in [5, 5.41) is -0.498. The van der Waals surface area contributed by atoms with E-state index in [1.165, 1.54) is 6.08 Å². The molecule has 0 bridgehead atoms. The minimum atomic E-state index is -3.06. The fraction of sp³-hybridized carbons (Fsp3) is 0.500. The highest BCUT2D eigenvalue weighted by Gasteiger charge is 2.10. The molecular formula is C4H7BrO2S. The molecule has 0 saturated heterocycles. The molecule has 0 N–H and O–H groups in total. The summed E-state index contributed by atoms with van der Waals surface area (Å²) in [5.41, 5.74) is 0. The zero-order chi connectivity index (χ0) is 6.78. The van der Waals surface area contributed by atoms with Gasteiger partial charge in [0.15, 0.2) is 0 Å². The van der Waals surface area contributed by atoms with Gasteiger partial charge in [-0.15, -0.1) is 6.58 Å². The number of hydrogen-bond acceptors (Lipinski definition) is 2. The first-order valence-electron chi connectivity index (χ1n) is 2.04. The van der Waals surface area contributed by atoms with Crippen LogP contribution in [0, 0.1) is 0 Å². The highest BCUT2D eigenvalue weighted by molar-refractivity contribution is 9.47. The molecule has 0 saturated carbocycles. The molecular weight excluding hydrogens is 192 g/mol. The van der Waals surface area contributed by atoms with Crippen LogP contribution in [0.5, 0.6) is 0 Å². The Labute approximate surface area is 56.7 Å². The van der Waals surface area contributed by atoms with Gasteiger partial charge in [0.05, 0.1) is 20.1 Å². The third-order valence-corrected chi connectivity index (χ3v) is 3.63. The van der Waals surface area contributed by atoms with E-state index in [9.17, 15) is 8.42 Å². The van der Waals surface area contributed by atoms with Crippen molar-refractivity contribution < 1.29 is 8.42 Å². The smallest absolute Gasteiger partial charge is 0.215 e. The molecule has 0 aromatic heterocycles. The van der Waals surface area contributed by atoms with Crippen LogP contribution in [0.3, 0.4) is 0 Å². The monoisotopic (exact) mass is 198 g/mol. The van der Waals surface area contributed by atoms with Gasteiger partial charge in [-0.3, -0.25) is 0 Å². The highest BCUT2D eigenvalue weighted by atomic mass is 79.9. The Morgan fingerprint density at radius 2 is 2.12 bits per heavy atom. The van der Waals surface area contributed by atoms with Crippen molar-refractivity contribution >= 4 is 23.1 Å². The van der Waals surface area contributed by atoms with Crippen LogP contribution in [0.25, 0.3) is 0 Å².